The van der Waals surface area contributed by atoms with E-state index in [9.17, 15) is 9.90 Å². The molecule has 1 aliphatic rings. The Morgan fingerprint density at radius 1 is 0.923 bits per heavy atom. The summed E-state index contributed by atoms with van der Waals surface area (Å²) in [6.07, 6.45) is 0.727. The van der Waals surface area contributed by atoms with Gasteiger partial charge in [-0.25, -0.2) is 0 Å². The van der Waals surface area contributed by atoms with Gasteiger partial charge < -0.3 is 10.4 Å². The van der Waals surface area contributed by atoms with Gasteiger partial charge in [-0.1, -0.05) is 42.5 Å². The van der Waals surface area contributed by atoms with Gasteiger partial charge >= 0.3 is 0 Å². The van der Waals surface area contributed by atoms with Gasteiger partial charge in [0.25, 0.3) is 0 Å². The summed E-state index contributed by atoms with van der Waals surface area (Å²) >= 11 is 0. The molecule has 5 heteroatoms. The second-order valence-electron chi connectivity index (χ2n) is 6.81. The molecule has 138 valence electrons. The molecule has 1 fully saturated rings. The quantitative estimate of drug-likeness (QED) is 0.798. The predicted octanol–water partition coefficient (Wildman–Crippen LogP) is 1.87. The van der Waals surface area contributed by atoms with E-state index in [0.717, 1.165) is 44.7 Å². The minimum atomic E-state index is 0.0710. The molecule has 3 rings (SSSR count). The van der Waals surface area contributed by atoms with Gasteiger partial charge in [-0.15, -0.1) is 0 Å². The van der Waals surface area contributed by atoms with Gasteiger partial charge in [0.15, 0.2) is 0 Å². The average Bonchev–Trinajstić information content (AvgIpc) is 2.64. The van der Waals surface area contributed by atoms with Gasteiger partial charge in [0.05, 0.1) is 6.54 Å². The number of carbonyl (C=O) groups is 1. The van der Waals surface area contributed by atoms with E-state index >= 15 is 0 Å². The van der Waals surface area contributed by atoms with E-state index in [-0.39, 0.29) is 11.7 Å². The number of phenolic OH excluding ortho intramolecular Hbond substituents is 1. The molecule has 26 heavy (non-hydrogen) atoms. The first kappa shape index (κ1) is 18.4. The fourth-order valence-electron chi connectivity index (χ4n) is 3.26. The highest BCUT2D eigenvalue weighted by molar-refractivity contribution is 5.78. The topological polar surface area (TPSA) is 55.8 Å². The van der Waals surface area contributed by atoms with Crippen LogP contribution in [0.1, 0.15) is 11.1 Å². The lowest BCUT2D eigenvalue weighted by Crippen LogP contribution is -2.49. The second kappa shape index (κ2) is 9.36. The Morgan fingerprint density at radius 3 is 2.35 bits per heavy atom. The van der Waals surface area contributed by atoms with E-state index in [2.05, 4.69) is 39.4 Å². The van der Waals surface area contributed by atoms with Gasteiger partial charge in [-0.05, 0) is 29.7 Å². The first-order valence-electron chi connectivity index (χ1n) is 9.22. The third kappa shape index (κ3) is 5.86. The summed E-state index contributed by atoms with van der Waals surface area (Å²) in [7, 11) is 0. The summed E-state index contributed by atoms with van der Waals surface area (Å²) in [6.45, 7) is 5.86. The average molecular weight is 353 g/mol. The number of nitrogens with one attached hydrogen (secondary N) is 1. The number of nitrogens with zero attached hydrogens (tertiary/aromatic N) is 2. The Bertz CT molecular complexity index is 697. The van der Waals surface area contributed by atoms with Crippen molar-refractivity contribution in [3.8, 4) is 5.75 Å². The Balaban J connectivity index is 1.33. The van der Waals surface area contributed by atoms with E-state index in [0.29, 0.717) is 13.1 Å². The zero-order chi connectivity index (χ0) is 18.2. The maximum Gasteiger partial charge on any atom is 0.234 e. The summed E-state index contributed by atoms with van der Waals surface area (Å²) in [6, 6.07) is 17.7. The first-order chi connectivity index (χ1) is 12.7. The van der Waals surface area contributed by atoms with Crippen molar-refractivity contribution in [3.05, 3.63) is 65.7 Å². The van der Waals surface area contributed by atoms with Crippen LogP contribution >= 0.6 is 0 Å². The number of rotatable bonds is 7. The molecule has 0 aliphatic carbocycles. The van der Waals surface area contributed by atoms with Crippen molar-refractivity contribution in [2.45, 2.75) is 13.0 Å². The lowest BCUT2D eigenvalue weighted by atomic mass is 10.1. The minimum Gasteiger partial charge on any atom is -0.508 e. The Labute approximate surface area is 155 Å². The molecule has 0 unspecified atom stereocenters. The van der Waals surface area contributed by atoms with Crippen LogP contribution in [0.5, 0.6) is 5.75 Å². The zero-order valence-corrected chi connectivity index (χ0v) is 15.1. The predicted molar refractivity (Wildman–Crippen MR) is 103 cm³/mol. The zero-order valence-electron chi connectivity index (χ0n) is 15.1. The summed E-state index contributed by atoms with van der Waals surface area (Å²) < 4.78 is 0. The largest absolute Gasteiger partial charge is 0.508 e. The summed E-state index contributed by atoms with van der Waals surface area (Å²) in [5.41, 5.74) is 2.37. The Kier molecular flexibility index (Phi) is 6.63. The van der Waals surface area contributed by atoms with Crippen molar-refractivity contribution >= 4 is 5.91 Å². The standard InChI is InChI=1S/C21H27N3O2/c25-20-8-4-7-18(15-20)9-10-22-21(26)17-24-13-11-23(12-14-24)16-19-5-2-1-3-6-19/h1-8,15,25H,9-14,16-17H2,(H,22,26). The number of piperazine rings is 1. The molecule has 1 saturated heterocycles. The molecule has 0 saturated carbocycles. The lowest BCUT2D eigenvalue weighted by molar-refractivity contribution is -0.122. The number of carbonyl (C=O) groups excluding carboxylic acids is 1. The summed E-state index contributed by atoms with van der Waals surface area (Å²) in [5, 5.41) is 12.4. The highest BCUT2D eigenvalue weighted by atomic mass is 16.3. The van der Waals surface area contributed by atoms with Crippen molar-refractivity contribution in [1.82, 2.24) is 15.1 Å². The van der Waals surface area contributed by atoms with Gasteiger partial charge in [-0.2, -0.15) is 0 Å². The maximum atomic E-state index is 12.1. The normalized spacial score (nSPS) is 15.7. The molecule has 0 radical (unpaired) electrons. The van der Waals surface area contributed by atoms with Crippen molar-refractivity contribution in [1.29, 1.82) is 0 Å². The molecule has 1 aliphatic heterocycles. The number of aromatic hydroxyl groups is 1. The fourth-order valence-corrected chi connectivity index (χ4v) is 3.26. The third-order valence-electron chi connectivity index (χ3n) is 4.73. The van der Waals surface area contributed by atoms with Crippen LogP contribution in [-0.4, -0.2) is 60.1 Å². The molecule has 2 aromatic carbocycles. The number of benzene rings is 2. The molecule has 0 aromatic heterocycles. The van der Waals surface area contributed by atoms with Crippen LogP contribution in [0.3, 0.4) is 0 Å². The van der Waals surface area contributed by atoms with E-state index in [4.69, 9.17) is 0 Å². The number of hydrogen-bond acceptors (Lipinski definition) is 4. The van der Waals surface area contributed by atoms with Crippen LogP contribution in [0, 0.1) is 0 Å². The minimum absolute atomic E-state index is 0.0710. The highest BCUT2D eigenvalue weighted by Gasteiger charge is 2.18. The van der Waals surface area contributed by atoms with Gasteiger partial charge in [0, 0.05) is 39.3 Å². The van der Waals surface area contributed by atoms with E-state index in [1.54, 1.807) is 12.1 Å². The van der Waals surface area contributed by atoms with Crippen LogP contribution < -0.4 is 5.32 Å². The highest BCUT2D eigenvalue weighted by Crippen LogP contribution is 2.11. The van der Waals surface area contributed by atoms with Crippen LogP contribution in [0.4, 0.5) is 0 Å². The van der Waals surface area contributed by atoms with Crippen molar-refractivity contribution < 1.29 is 9.90 Å². The number of hydrogen-bond donors (Lipinski definition) is 2. The summed E-state index contributed by atoms with van der Waals surface area (Å²) in [5.74, 6) is 0.337. The first-order valence-corrected chi connectivity index (χ1v) is 9.22. The number of phenols is 1. The fraction of sp³-hybridized carbons (Fsp3) is 0.381. The lowest BCUT2D eigenvalue weighted by Gasteiger charge is -2.34. The van der Waals surface area contributed by atoms with Gasteiger partial charge in [0.2, 0.25) is 5.91 Å². The Morgan fingerprint density at radius 2 is 1.62 bits per heavy atom. The maximum absolute atomic E-state index is 12.1. The molecule has 2 aromatic rings. The molecular weight excluding hydrogens is 326 g/mol. The molecule has 0 spiro atoms. The monoisotopic (exact) mass is 353 g/mol. The smallest absolute Gasteiger partial charge is 0.234 e. The van der Waals surface area contributed by atoms with Crippen molar-refractivity contribution in [3.63, 3.8) is 0 Å². The Hall–Kier alpha value is -2.37. The van der Waals surface area contributed by atoms with E-state index in [1.807, 2.05) is 18.2 Å². The summed E-state index contributed by atoms with van der Waals surface area (Å²) in [4.78, 5) is 16.8. The molecule has 1 amide bonds. The van der Waals surface area contributed by atoms with Crippen LogP contribution in [0.15, 0.2) is 54.6 Å². The SMILES string of the molecule is O=C(CN1CCN(Cc2ccccc2)CC1)NCCc1cccc(O)c1. The second-order valence-corrected chi connectivity index (χ2v) is 6.81. The third-order valence-corrected chi connectivity index (χ3v) is 4.73. The van der Waals surface area contributed by atoms with Crippen molar-refractivity contribution in [2.75, 3.05) is 39.3 Å². The van der Waals surface area contributed by atoms with E-state index < -0.39 is 0 Å². The molecule has 5 nitrogen and oxygen atoms in total. The molecular formula is C21H27N3O2. The van der Waals surface area contributed by atoms with Crippen LogP contribution in [0.25, 0.3) is 0 Å². The molecule has 0 atom stereocenters. The van der Waals surface area contributed by atoms with Crippen LogP contribution in [-0.2, 0) is 17.8 Å². The van der Waals surface area contributed by atoms with E-state index in [1.165, 1.54) is 5.56 Å². The van der Waals surface area contributed by atoms with Gasteiger partial charge in [0.1, 0.15) is 5.75 Å². The van der Waals surface area contributed by atoms with Gasteiger partial charge in [-0.3, -0.25) is 14.6 Å². The van der Waals surface area contributed by atoms with Crippen molar-refractivity contribution in [2.24, 2.45) is 0 Å². The molecule has 1 heterocycles. The van der Waals surface area contributed by atoms with Crippen LogP contribution in [0.2, 0.25) is 0 Å². The number of amides is 1. The molecule has 2 N–H and O–H groups in total. The molecule has 0 bridgehead atoms.